The molecule has 0 saturated carbocycles. The number of pyridine rings is 1. The van der Waals surface area contributed by atoms with Gasteiger partial charge in [0, 0.05) is 16.5 Å². The molecule has 0 aliphatic rings. The van der Waals surface area contributed by atoms with Crippen LogP contribution in [0.2, 0.25) is 0 Å². The van der Waals surface area contributed by atoms with Crippen LogP contribution in [0.4, 0.5) is 4.39 Å². The molecule has 0 fully saturated rings. The lowest BCUT2D eigenvalue weighted by Gasteiger charge is -2.08. The van der Waals surface area contributed by atoms with Crippen molar-refractivity contribution in [3.05, 3.63) is 78.1 Å². The van der Waals surface area contributed by atoms with E-state index in [1.807, 2.05) is 18.2 Å². The highest BCUT2D eigenvalue weighted by Gasteiger charge is 2.03. The summed E-state index contributed by atoms with van der Waals surface area (Å²) in [6, 6.07) is 20.2. The molecule has 0 bridgehead atoms. The second-order valence-electron chi connectivity index (χ2n) is 5.00. The predicted octanol–water partition coefficient (Wildman–Crippen LogP) is 5.19. The zero-order valence-corrected chi connectivity index (χ0v) is 13.5. The van der Waals surface area contributed by atoms with E-state index in [2.05, 4.69) is 35.5 Å². The maximum Gasteiger partial charge on any atom is 0.214 e. The van der Waals surface area contributed by atoms with Gasteiger partial charge in [-0.3, -0.25) is 0 Å². The van der Waals surface area contributed by atoms with Gasteiger partial charge in [0.15, 0.2) is 0 Å². The number of ether oxygens (including phenoxy) is 1. The molecule has 116 valence electrons. The number of halogens is 1. The van der Waals surface area contributed by atoms with Gasteiger partial charge in [0.2, 0.25) is 5.88 Å². The molecule has 0 atom stereocenters. The first-order chi connectivity index (χ1) is 11.2. The quantitative estimate of drug-likeness (QED) is 0.603. The van der Waals surface area contributed by atoms with Gasteiger partial charge in [-0.25, -0.2) is 9.37 Å². The second-order valence-corrected chi connectivity index (χ2v) is 5.88. The zero-order chi connectivity index (χ0) is 16.1. The molecule has 4 heteroatoms. The minimum absolute atomic E-state index is 0.248. The minimum Gasteiger partial charge on any atom is -0.473 e. The van der Waals surface area contributed by atoms with Gasteiger partial charge < -0.3 is 4.74 Å². The van der Waals surface area contributed by atoms with Crippen LogP contribution in [0.15, 0.2) is 71.6 Å². The van der Waals surface area contributed by atoms with Crippen molar-refractivity contribution in [2.24, 2.45) is 0 Å². The van der Waals surface area contributed by atoms with Crippen molar-refractivity contribution < 1.29 is 9.13 Å². The standard InChI is InChI=1S/C19H16FNOS/c1-23-17-11-7-15(8-12-17)18-3-2-4-19(21-18)22-13-14-5-9-16(20)10-6-14/h2-12H,13H2,1H3. The molecule has 0 amide bonds. The van der Waals surface area contributed by atoms with E-state index in [0.29, 0.717) is 12.5 Å². The fourth-order valence-corrected chi connectivity index (χ4v) is 2.56. The lowest BCUT2D eigenvalue weighted by molar-refractivity contribution is 0.294. The number of benzene rings is 2. The fourth-order valence-electron chi connectivity index (χ4n) is 2.16. The van der Waals surface area contributed by atoms with E-state index >= 15 is 0 Å². The van der Waals surface area contributed by atoms with E-state index in [1.165, 1.54) is 17.0 Å². The summed E-state index contributed by atoms with van der Waals surface area (Å²) >= 11 is 1.71. The van der Waals surface area contributed by atoms with Gasteiger partial charge in [-0.15, -0.1) is 11.8 Å². The second kappa shape index (κ2) is 7.29. The summed E-state index contributed by atoms with van der Waals surface area (Å²) < 4.78 is 18.6. The van der Waals surface area contributed by atoms with Crippen LogP contribution in [0.1, 0.15) is 5.56 Å². The third-order valence-corrected chi connectivity index (χ3v) is 4.15. The molecular weight excluding hydrogens is 309 g/mol. The molecule has 1 aromatic heterocycles. The lowest BCUT2D eigenvalue weighted by Crippen LogP contribution is -1.98. The first-order valence-corrected chi connectivity index (χ1v) is 8.46. The third-order valence-electron chi connectivity index (χ3n) is 3.41. The molecule has 23 heavy (non-hydrogen) atoms. The molecule has 0 aliphatic heterocycles. The van der Waals surface area contributed by atoms with Crippen LogP contribution in [-0.2, 0) is 6.61 Å². The van der Waals surface area contributed by atoms with Gasteiger partial charge in [-0.1, -0.05) is 30.3 Å². The average molecular weight is 325 g/mol. The Balaban J connectivity index is 1.72. The highest BCUT2D eigenvalue weighted by molar-refractivity contribution is 7.98. The summed E-state index contributed by atoms with van der Waals surface area (Å²) in [5.74, 6) is 0.309. The van der Waals surface area contributed by atoms with E-state index < -0.39 is 0 Å². The summed E-state index contributed by atoms with van der Waals surface area (Å²) in [6.07, 6.45) is 2.05. The molecule has 2 nitrogen and oxygen atoms in total. The van der Waals surface area contributed by atoms with Gasteiger partial charge in [0.05, 0.1) is 5.69 Å². The lowest BCUT2D eigenvalue weighted by atomic mass is 10.1. The Morgan fingerprint density at radius 3 is 2.39 bits per heavy atom. The normalized spacial score (nSPS) is 10.5. The van der Waals surface area contributed by atoms with Gasteiger partial charge in [0.1, 0.15) is 12.4 Å². The third kappa shape index (κ3) is 4.11. The Kier molecular flexibility index (Phi) is 4.93. The molecule has 2 aromatic carbocycles. The first-order valence-electron chi connectivity index (χ1n) is 7.23. The molecule has 3 rings (SSSR count). The Morgan fingerprint density at radius 2 is 1.70 bits per heavy atom. The topological polar surface area (TPSA) is 22.1 Å². The van der Waals surface area contributed by atoms with Gasteiger partial charge in [-0.05, 0) is 42.2 Å². The zero-order valence-electron chi connectivity index (χ0n) is 12.7. The van der Waals surface area contributed by atoms with E-state index in [-0.39, 0.29) is 5.82 Å². The van der Waals surface area contributed by atoms with Crippen LogP contribution >= 0.6 is 11.8 Å². The molecule has 3 aromatic rings. The van der Waals surface area contributed by atoms with Crippen molar-refractivity contribution in [2.45, 2.75) is 11.5 Å². The Bertz CT molecular complexity index is 772. The van der Waals surface area contributed by atoms with Crippen LogP contribution in [-0.4, -0.2) is 11.2 Å². The van der Waals surface area contributed by atoms with Crippen LogP contribution in [0.25, 0.3) is 11.3 Å². The van der Waals surface area contributed by atoms with Gasteiger partial charge in [-0.2, -0.15) is 0 Å². The molecule has 0 radical (unpaired) electrons. The summed E-state index contributed by atoms with van der Waals surface area (Å²) in [4.78, 5) is 5.75. The smallest absolute Gasteiger partial charge is 0.214 e. The molecule has 0 unspecified atom stereocenters. The van der Waals surface area contributed by atoms with Crippen molar-refractivity contribution in [1.29, 1.82) is 0 Å². The number of hydrogen-bond acceptors (Lipinski definition) is 3. The predicted molar refractivity (Wildman–Crippen MR) is 92.2 cm³/mol. The van der Waals surface area contributed by atoms with Crippen molar-refractivity contribution in [3.8, 4) is 17.1 Å². The average Bonchev–Trinajstić information content (AvgIpc) is 2.61. The van der Waals surface area contributed by atoms with Crippen molar-refractivity contribution in [2.75, 3.05) is 6.26 Å². The monoisotopic (exact) mass is 325 g/mol. The van der Waals surface area contributed by atoms with Crippen molar-refractivity contribution in [1.82, 2.24) is 4.98 Å². The van der Waals surface area contributed by atoms with Crippen LogP contribution in [0, 0.1) is 5.82 Å². The number of thioether (sulfide) groups is 1. The number of rotatable bonds is 5. The maximum absolute atomic E-state index is 12.9. The van der Waals surface area contributed by atoms with E-state index in [9.17, 15) is 4.39 Å². The van der Waals surface area contributed by atoms with Gasteiger partial charge in [0.25, 0.3) is 0 Å². The SMILES string of the molecule is CSc1ccc(-c2cccc(OCc3ccc(F)cc3)n2)cc1. The highest BCUT2D eigenvalue weighted by atomic mass is 32.2. The molecule has 0 aliphatic carbocycles. The van der Waals surface area contributed by atoms with Gasteiger partial charge >= 0.3 is 0 Å². The van der Waals surface area contributed by atoms with Crippen LogP contribution < -0.4 is 4.74 Å². The maximum atomic E-state index is 12.9. The van der Waals surface area contributed by atoms with E-state index in [4.69, 9.17) is 4.74 Å². The molecule has 1 heterocycles. The molecule has 0 N–H and O–H groups in total. The van der Waals surface area contributed by atoms with Crippen LogP contribution in [0.5, 0.6) is 5.88 Å². The van der Waals surface area contributed by atoms with Crippen molar-refractivity contribution >= 4 is 11.8 Å². The number of hydrogen-bond donors (Lipinski definition) is 0. The molecular formula is C19H16FNOS. The minimum atomic E-state index is -0.248. The Hall–Kier alpha value is -2.33. The number of nitrogens with zero attached hydrogens (tertiary/aromatic N) is 1. The number of aromatic nitrogens is 1. The highest BCUT2D eigenvalue weighted by Crippen LogP contribution is 2.23. The summed E-state index contributed by atoms with van der Waals surface area (Å²) in [7, 11) is 0. The Labute approximate surface area is 139 Å². The molecule has 0 saturated heterocycles. The Morgan fingerprint density at radius 1 is 0.957 bits per heavy atom. The fraction of sp³-hybridized carbons (Fsp3) is 0.105. The van der Waals surface area contributed by atoms with Crippen LogP contribution in [0.3, 0.4) is 0 Å². The largest absolute Gasteiger partial charge is 0.473 e. The molecule has 0 spiro atoms. The summed E-state index contributed by atoms with van der Waals surface area (Å²) in [5.41, 5.74) is 2.83. The summed E-state index contributed by atoms with van der Waals surface area (Å²) in [5, 5.41) is 0. The van der Waals surface area contributed by atoms with Crippen molar-refractivity contribution in [3.63, 3.8) is 0 Å². The van der Waals surface area contributed by atoms with E-state index in [0.717, 1.165) is 16.8 Å². The summed E-state index contributed by atoms with van der Waals surface area (Å²) in [6.45, 7) is 0.363. The van der Waals surface area contributed by atoms with E-state index in [1.54, 1.807) is 23.9 Å². The first kappa shape index (κ1) is 15.6.